The van der Waals surface area contributed by atoms with E-state index < -0.39 is 6.10 Å². The maximum atomic E-state index is 12.1. The van der Waals surface area contributed by atoms with Crippen LogP contribution in [-0.4, -0.2) is 36.4 Å². The summed E-state index contributed by atoms with van der Waals surface area (Å²) < 4.78 is 10.5. The largest absolute Gasteiger partial charge is 0.462 e. The molecule has 0 rings (SSSR count). The fraction of sp³-hybridized carbons (Fsp3) is 0.784. The van der Waals surface area contributed by atoms with Crippen LogP contribution in [0.5, 0.6) is 0 Å². The number of unbranched alkanes of at least 4 members (excludes halogenated alkanes) is 17. The Morgan fingerprint density at radius 3 is 1.48 bits per heavy atom. The monoisotopic (exact) mass is 590 g/mol. The lowest BCUT2D eigenvalue weighted by Crippen LogP contribution is -2.28. The summed E-state index contributed by atoms with van der Waals surface area (Å²) in [6, 6.07) is 0. The zero-order valence-corrected chi connectivity index (χ0v) is 27.5. The first-order valence-corrected chi connectivity index (χ1v) is 17.5. The van der Waals surface area contributed by atoms with Crippen molar-refractivity contribution in [3.63, 3.8) is 0 Å². The van der Waals surface area contributed by atoms with Crippen LogP contribution in [0.15, 0.2) is 36.5 Å². The van der Waals surface area contributed by atoms with Crippen LogP contribution in [0.2, 0.25) is 0 Å². The molecule has 5 nitrogen and oxygen atoms in total. The van der Waals surface area contributed by atoms with Crippen LogP contribution in [0.1, 0.15) is 168 Å². The van der Waals surface area contributed by atoms with Crippen LogP contribution in [0.25, 0.3) is 0 Å². The molecule has 0 heterocycles. The van der Waals surface area contributed by atoms with Gasteiger partial charge in [0.05, 0.1) is 6.61 Å². The Labute approximate surface area is 259 Å². The molecule has 0 aliphatic rings. The lowest BCUT2D eigenvalue weighted by molar-refractivity contribution is -0.161. The van der Waals surface area contributed by atoms with Crippen molar-refractivity contribution in [2.75, 3.05) is 13.2 Å². The quantitative estimate of drug-likeness (QED) is 0.0494. The van der Waals surface area contributed by atoms with Gasteiger partial charge in [-0.1, -0.05) is 121 Å². The summed E-state index contributed by atoms with van der Waals surface area (Å²) >= 11 is 0. The van der Waals surface area contributed by atoms with E-state index in [1.807, 2.05) is 0 Å². The predicted octanol–water partition coefficient (Wildman–Crippen LogP) is 10.5. The van der Waals surface area contributed by atoms with Gasteiger partial charge in [-0.2, -0.15) is 0 Å². The maximum absolute atomic E-state index is 12.1. The summed E-state index contributed by atoms with van der Waals surface area (Å²) in [5, 5.41) is 9.51. The van der Waals surface area contributed by atoms with Gasteiger partial charge in [0.15, 0.2) is 6.10 Å². The molecule has 0 saturated carbocycles. The molecule has 0 fully saturated rings. The molecule has 0 amide bonds. The molecule has 1 unspecified atom stereocenters. The highest BCUT2D eigenvalue weighted by molar-refractivity contribution is 5.70. The van der Waals surface area contributed by atoms with E-state index in [9.17, 15) is 14.7 Å². The first-order valence-electron chi connectivity index (χ1n) is 17.5. The molecule has 0 aromatic heterocycles. The molecule has 1 N–H and O–H groups in total. The minimum absolute atomic E-state index is 0.0754. The Kier molecular flexibility index (Phi) is 32.1. The molecule has 1 atom stereocenters. The Morgan fingerprint density at radius 2 is 0.952 bits per heavy atom. The lowest BCUT2D eigenvalue weighted by Gasteiger charge is -2.15. The van der Waals surface area contributed by atoms with Gasteiger partial charge >= 0.3 is 11.9 Å². The third-order valence-electron chi connectivity index (χ3n) is 7.41. The van der Waals surface area contributed by atoms with Gasteiger partial charge in [-0.05, 0) is 70.6 Å². The van der Waals surface area contributed by atoms with E-state index in [2.05, 4.69) is 50.3 Å². The summed E-state index contributed by atoms with van der Waals surface area (Å²) in [7, 11) is 0. The number of carbonyl (C=O) groups excluding carboxylic acids is 2. The van der Waals surface area contributed by atoms with Crippen molar-refractivity contribution in [1.82, 2.24) is 0 Å². The Morgan fingerprint density at radius 1 is 0.548 bits per heavy atom. The number of rotatable bonds is 31. The molecule has 244 valence electrons. The van der Waals surface area contributed by atoms with Crippen LogP contribution in [-0.2, 0) is 19.1 Å². The van der Waals surface area contributed by atoms with Crippen LogP contribution in [0.3, 0.4) is 0 Å². The van der Waals surface area contributed by atoms with Crippen molar-refractivity contribution < 1.29 is 24.2 Å². The van der Waals surface area contributed by atoms with Crippen molar-refractivity contribution >= 4 is 11.9 Å². The van der Waals surface area contributed by atoms with E-state index in [1.54, 1.807) is 0 Å². The van der Waals surface area contributed by atoms with Crippen LogP contribution in [0, 0.1) is 0 Å². The molecule has 0 aromatic rings. The predicted molar refractivity (Wildman–Crippen MR) is 178 cm³/mol. The molecular formula is C37H66O5. The smallest absolute Gasteiger partial charge is 0.306 e. The van der Waals surface area contributed by atoms with Crippen LogP contribution < -0.4 is 0 Å². The highest BCUT2D eigenvalue weighted by Gasteiger charge is 2.16. The fourth-order valence-corrected chi connectivity index (χ4v) is 4.69. The summed E-state index contributed by atoms with van der Waals surface area (Å²) in [4.78, 5) is 24.1. The SMILES string of the molecule is CCCCC/C=C\C/C=C\CCCCCCCC(=O)OC(CO)COC(=O)CCCCCCC/C=C\CCCCCC. The Bertz CT molecular complexity index is 682. The minimum atomic E-state index is -0.779. The van der Waals surface area contributed by atoms with Gasteiger partial charge in [0.2, 0.25) is 0 Å². The van der Waals surface area contributed by atoms with Crippen molar-refractivity contribution in [3.8, 4) is 0 Å². The number of esters is 2. The van der Waals surface area contributed by atoms with E-state index in [1.165, 1.54) is 77.0 Å². The zero-order chi connectivity index (χ0) is 30.8. The van der Waals surface area contributed by atoms with Crippen LogP contribution in [0.4, 0.5) is 0 Å². The van der Waals surface area contributed by atoms with Gasteiger partial charge in [0.1, 0.15) is 6.61 Å². The average molecular weight is 591 g/mol. The van der Waals surface area contributed by atoms with E-state index in [0.29, 0.717) is 12.8 Å². The average Bonchev–Trinajstić information content (AvgIpc) is 2.99. The van der Waals surface area contributed by atoms with Crippen molar-refractivity contribution in [2.24, 2.45) is 0 Å². The molecule has 42 heavy (non-hydrogen) atoms. The van der Waals surface area contributed by atoms with Crippen molar-refractivity contribution in [3.05, 3.63) is 36.5 Å². The number of allylic oxidation sites excluding steroid dienone is 6. The minimum Gasteiger partial charge on any atom is -0.462 e. The van der Waals surface area contributed by atoms with Gasteiger partial charge in [-0.15, -0.1) is 0 Å². The third-order valence-corrected chi connectivity index (χ3v) is 7.41. The first kappa shape index (κ1) is 40.1. The first-order chi connectivity index (χ1) is 20.6. The normalized spacial score (nSPS) is 12.5. The molecular weight excluding hydrogens is 524 g/mol. The topological polar surface area (TPSA) is 72.8 Å². The van der Waals surface area contributed by atoms with Crippen molar-refractivity contribution in [1.29, 1.82) is 0 Å². The van der Waals surface area contributed by atoms with E-state index in [0.717, 1.165) is 64.2 Å². The summed E-state index contributed by atoms with van der Waals surface area (Å²) in [5.74, 6) is -0.619. The number of aliphatic hydroxyl groups excluding tert-OH is 1. The van der Waals surface area contributed by atoms with E-state index >= 15 is 0 Å². The van der Waals surface area contributed by atoms with Crippen molar-refractivity contribution in [2.45, 2.75) is 174 Å². The molecule has 5 heteroatoms. The fourth-order valence-electron chi connectivity index (χ4n) is 4.69. The number of hydrogen-bond donors (Lipinski definition) is 1. The van der Waals surface area contributed by atoms with Gasteiger partial charge < -0.3 is 14.6 Å². The second-order valence-electron chi connectivity index (χ2n) is 11.6. The number of carbonyl (C=O) groups is 2. The molecule has 0 bridgehead atoms. The molecule has 0 spiro atoms. The Balaban J connectivity index is 3.62. The van der Waals surface area contributed by atoms with E-state index in [-0.39, 0.29) is 25.2 Å². The highest BCUT2D eigenvalue weighted by Crippen LogP contribution is 2.11. The van der Waals surface area contributed by atoms with Crippen LogP contribution >= 0.6 is 0 Å². The van der Waals surface area contributed by atoms with Gasteiger partial charge in [-0.25, -0.2) is 0 Å². The summed E-state index contributed by atoms with van der Waals surface area (Å²) in [6.45, 7) is 4.06. The Hall–Kier alpha value is -1.88. The third kappa shape index (κ3) is 31.1. The molecule has 0 aliphatic carbocycles. The lowest BCUT2D eigenvalue weighted by atomic mass is 10.1. The number of hydrogen-bond acceptors (Lipinski definition) is 5. The van der Waals surface area contributed by atoms with E-state index in [4.69, 9.17) is 9.47 Å². The zero-order valence-electron chi connectivity index (χ0n) is 27.5. The van der Waals surface area contributed by atoms with Gasteiger partial charge in [0, 0.05) is 12.8 Å². The maximum Gasteiger partial charge on any atom is 0.306 e. The highest BCUT2D eigenvalue weighted by atomic mass is 16.6. The molecule has 0 saturated heterocycles. The summed E-state index contributed by atoms with van der Waals surface area (Å²) in [6.07, 6.45) is 39.0. The molecule has 0 radical (unpaired) electrons. The molecule has 0 aliphatic heterocycles. The number of aliphatic hydroxyl groups is 1. The second-order valence-corrected chi connectivity index (χ2v) is 11.6. The second kappa shape index (κ2) is 33.6. The van der Waals surface area contributed by atoms with Gasteiger partial charge in [0.25, 0.3) is 0 Å². The summed E-state index contributed by atoms with van der Waals surface area (Å²) in [5.41, 5.74) is 0. The molecule has 0 aromatic carbocycles. The standard InChI is InChI=1S/C37H66O5/c1-3-5-7-9-11-13-15-17-18-20-22-24-26-28-30-32-37(40)42-35(33-38)34-41-36(39)31-29-27-25-23-21-19-16-14-12-10-8-6-4-2/h11,13-14,16-18,35,38H,3-10,12,15,19-34H2,1-2H3/b13-11-,16-14-,18-17-. The van der Waals surface area contributed by atoms with Gasteiger partial charge in [-0.3, -0.25) is 9.59 Å². The number of ether oxygens (including phenoxy) is 2.